The van der Waals surface area contributed by atoms with Crippen molar-refractivity contribution in [3.63, 3.8) is 0 Å². The van der Waals surface area contributed by atoms with Crippen molar-refractivity contribution >= 4 is 17.0 Å². The number of nitrogens with zero attached hydrogens (tertiary/aromatic N) is 3. The van der Waals surface area contributed by atoms with E-state index in [-0.39, 0.29) is 0 Å². The minimum Gasteiger partial charge on any atom is -0.356 e. The smallest absolute Gasteiger partial charge is 0.203 e. The lowest BCUT2D eigenvalue weighted by atomic mass is 10.1. The number of imidazole rings is 1. The lowest BCUT2D eigenvalue weighted by molar-refractivity contribution is 0.222. The molecule has 1 aliphatic rings. The maximum absolute atomic E-state index is 4.70. The van der Waals surface area contributed by atoms with Crippen LogP contribution in [0, 0.1) is 0 Å². The summed E-state index contributed by atoms with van der Waals surface area (Å²) in [6.45, 7) is 7.68. The van der Waals surface area contributed by atoms with Gasteiger partial charge in [0.15, 0.2) is 0 Å². The zero-order valence-electron chi connectivity index (χ0n) is 12.3. The van der Waals surface area contributed by atoms with Gasteiger partial charge in [-0.15, -0.1) is 0 Å². The molecule has 1 aromatic carbocycles. The molecule has 2 aromatic rings. The fourth-order valence-electron chi connectivity index (χ4n) is 3.02. The Balaban J connectivity index is 1.79. The molecule has 4 nitrogen and oxygen atoms in total. The van der Waals surface area contributed by atoms with E-state index < -0.39 is 0 Å². The van der Waals surface area contributed by atoms with Crippen molar-refractivity contribution in [3.05, 3.63) is 24.3 Å². The number of nitrogens with one attached hydrogen (secondary N) is 1. The van der Waals surface area contributed by atoms with Gasteiger partial charge in [-0.1, -0.05) is 18.6 Å². The topological polar surface area (TPSA) is 33.1 Å². The van der Waals surface area contributed by atoms with Gasteiger partial charge in [-0.2, -0.15) is 0 Å². The number of para-hydroxylation sites is 2. The zero-order valence-corrected chi connectivity index (χ0v) is 12.3. The molecule has 0 atom stereocenters. The molecule has 1 saturated heterocycles. The average molecular weight is 272 g/mol. The third kappa shape index (κ3) is 2.80. The maximum Gasteiger partial charge on any atom is 0.203 e. The van der Waals surface area contributed by atoms with Crippen molar-refractivity contribution in [1.82, 2.24) is 14.5 Å². The van der Waals surface area contributed by atoms with Crippen LogP contribution in [-0.4, -0.2) is 40.6 Å². The highest BCUT2D eigenvalue weighted by Crippen LogP contribution is 2.20. The van der Waals surface area contributed by atoms with E-state index in [0.29, 0.717) is 0 Å². The molecule has 4 heteroatoms. The maximum atomic E-state index is 4.70. The monoisotopic (exact) mass is 272 g/mol. The molecule has 20 heavy (non-hydrogen) atoms. The Bertz CT molecular complexity index is 555. The first kappa shape index (κ1) is 13.4. The highest BCUT2D eigenvalue weighted by atomic mass is 15.2. The summed E-state index contributed by atoms with van der Waals surface area (Å²) < 4.78 is 2.33. The molecule has 2 heterocycles. The molecule has 0 aliphatic carbocycles. The van der Waals surface area contributed by atoms with Crippen molar-refractivity contribution in [3.8, 4) is 0 Å². The first-order valence-corrected chi connectivity index (χ1v) is 7.80. The van der Waals surface area contributed by atoms with Gasteiger partial charge in [0.05, 0.1) is 11.0 Å². The Morgan fingerprint density at radius 2 is 1.90 bits per heavy atom. The molecule has 0 saturated carbocycles. The van der Waals surface area contributed by atoms with Crippen LogP contribution in [0.25, 0.3) is 11.0 Å². The normalized spacial score (nSPS) is 16.6. The summed E-state index contributed by atoms with van der Waals surface area (Å²) in [6.07, 6.45) is 4.10. The average Bonchev–Trinajstić information content (AvgIpc) is 2.84. The minimum absolute atomic E-state index is 0.910. The van der Waals surface area contributed by atoms with Crippen molar-refractivity contribution in [2.24, 2.45) is 0 Å². The molecule has 1 aromatic heterocycles. The number of piperidine rings is 1. The molecule has 1 fully saturated rings. The number of fused-ring (bicyclic) bond motifs is 1. The quantitative estimate of drug-likeness (QED) is 0.908. The van der Waals surface area contributed by atoms with Gasteiger partial charge < -0.3 is 14.8 Å². The van der Waals surface area contributed by atoms with E-state index in [1.54, 1.807) is 0 Å². The standard InChI is InChI=1S/C16H24N4/c1-2-17-16-18-14-8-4-5-9-15(14)20(16)13-12-19-10-6-3-7-11-19/h4-5,8-9H,2-3,6-7,10-13H2,1H3,(H,17,18). The molecular formula is C16H24N4. The number of likely N-dealkylation sites (tertiary alicyclic amines) is 1. The van der Waals surface area contributed by atoms with Gasteiger partial charge >= 0.3 is 0 Å². The van der Waals surface area contributed by atoms with Crippen LogP contribution >= 0.6 is 0 Å². The third-order valence-electron chi connectivity index (χ3n) is 4.08. The second-order valence-electron chi connectivity index (χ2n) is 5.51. The molecule has 1 N–H and O–H groups in total. The predicted molar refractivity (Wildman–Crippen MR) is 84.2 cm³/mol. The number of aromatic nitrogens is 2. The largest absolute Gasteiger partial charge is 0.356 e. The van der Waals surface area contributed by atoms with Crippen LogP contribution in [0.1, 0.15) is 26.2 Å². The van der Waals surface area contributed by atoms with Gasteiger partial charge in [-0.25, -0.2) is 4.98 Å². The van der Waals surface area contributed by atoms with E-state index in [9.17, 15) is 0 Å². The minimum atomic E-state index is 0.910. The Hall–Kier alpha value is -1.55. The summed E-state index contributed by atoms with van der Waals surface area (Å²) >= 11 is 0. The molecule has 0 bridgehead atoms. The lowest BCUT2D eigenvalue weighted by Gasteiger charge is -2.26. The molecule has 0 spiro atoms. The van der Waals surface area contributed by atoms with Crippen molar-refractivity contribution in [1.29, 1.82) is 0 Å². The van der Waals surface area contributed by atoms with E-state index in [1.807, 2.05) is 0 Å². The summed E-state index contributed by atoms with van der Waals surface area (Å²) in [6, 6.07) is 8.41. The van der Waals surface area contributed by atoms with Gasteiger partial charge in [-0.3, -0.25) is 0 Å². The molecule has 0 radical (unpaired) electrons. The van der Waals surface area contributed by atoms with Gasteiger partial charge in [0.2, 0.25) is 5.95 Å². The van der Waals surface area contributed by atoms with Crippen molar-refractivity contribution in [2.75, 3.05) is 31.5 Å². The Morgan fingerprint density at radius 3 is 2.70 bits per heavy atom. The van der Waals surface area contributed by atoms with Gasteiger partial charge in [-0.05, 0) is 45.0 Å². The summed E-state index contributed by atoms with van der Waals surface area (Å²) in [5, 5.41) is 3.39. The van der Waals surface area contributed by atoms with Crippen LogP contribution in [0.15, 0.2) is 24.3 Å². The molecule has 1 aliphatic heterocycles. The SMILES string of the molecule is CCNc1nc2ccccc2n1CCN1CCCCC1. The molecule has 0 unspecified atom stereocenters. The Kier molecular flexibility index (Phi) is 4.21. The van der Waals surface area contributed by atoms with Gasteiger partial charge in [0.25, 0.3) is 0 Å². The molecule has 3 rings (SSSR count). The van der Waals surface area contributed by atoms with E-state index in [2.05, 4.69) is 46.0 Å². The van der Waals surface area contributed by atoms with Gasteiger partial charge in [0.1, 0.15) is 0 Å². The van der Waals surface area contributed by atoms with Crippen molar-refractivity contribution in [2.45, 2.75) is 32.7 Å². The number of benzene rings is 1. The van der Waals surface area contributed by atoms with Crippen LogP contribution in [0.2, 0.25) is 0 Å². The summed E-state index contributed by atoms with van der Waals surface area (Å²) in [5.74, 6) is 1.01. The molecule has 0 amide bonds. The zero-order chi connectivity index (χ0) is 13.8. The van der Waals surface area contributed by atoms with E-state index >= 15 is 0 Å². The van der Waals surface area contributed by atoms with Crippen LogP contribution < -0.4 is 5.32 Å². The third-order valence-corrected chi connectivity index (χ3v) is 4.08. The number of hydrogen-bond acceptors (Lipinski definition) is 3. The van der Waals surface area contributed by atoms with Crippen LogP contribution in [0.4, 0.5) is 5.95 Å². The van der Waals surface area contributed by atoms with E-state index in [1.165, 1.54) is 37.9 Å². The number of anilines is 1. The van der Waals surface area contributed by atoms with Crippen molar-refractivity contribution < 1.29 is 0 Å². The number of hydrogen-bond donors (Lipinski definition) is 1. The second kappa shape index (κ2) is 6.27. The van der Waals surface area contributed by atoms with E-state index in [4.69, 9.17) is 4.98 Å². The number of rotatable bonds is 5. The molecule has 108 valence electrons. The first-order valence-electron chi connectivity index (χ1n) is 7.80. The highest BCUT2D eigenvalue weighted by molar-refractivity contribution is 5.78. The van der Waals surface area contributed by atoms with Crippen LogP contribution in [-0.2, 0) is 6.54 Å². The summed E-state index contributed by atoms with van der Waals surface area (Å²) in [4.78, 5) is 7.28. The van der Waals surface area contributed by atoms with Crippen LogP contribution in [0.5, 0.6) is 0 Å². The van der Waals surface area contributed by atoms with Crippen LogP contribution in [0.3, 0.4) is 0 Å². The fraction of sp³-hybridized carbons (Fsp3) is 0.562. The molecular weight excluding hydrogens is 248 g/mol. The predicted octanol–water partition coefficient (Wildman–Crippen LogP) is 2.95. The Morgan fingerprint density at radius 1 is 1.10 bits per heavy atom. The second-order valence-corrected chi connectivity index (χ2v) is 5.51. The highest BCUT2D eigenvalue weighted by Gasteiger charge is 2.13. The summed E-state index contributed by atoms with van der Waals surface area (Å²) in [7, 11) is 0. The fourth-order valence-corrected chi connectivity index (χ4v) is 3.02. The lowest BCUT2D eigenvalue weighted by Crippen LogP contribution is -2.32. The van der Waals surface area contributed by atoms with E-state index in [0.717, 1.165) is 31.1 Å². The summed E-state index contributed by atoms with van der Waals surface area (Å²) in [5.41, 5.74) is 2.32. The first-order chi connectivity index (χ1) is 9.88. The Labute approximate surface area is 120 Å². The van der Waals surface area contributed by atoms with Gasteiger partial charge in [0, 0.05) is 19.6 Å².